The summed E-state index contributed by atoms with van der Waals surface area (Å²) < 4.78 is 2.03. The summed E-state index contributed by atoms with van der Waals surface area (Å²) in [5.41, 5.74) is -0.494. The average molecular weight is 251 g/mol. The Balaban J connectivity index is 1.87. The van der Waals surface area contributed by atoms with Gasteiger partial charge < -0.3 is 9.67 Å². The number of likely N-dealkylation sites (N-methyl/N-ethyl adjacent to an activating group) is 1. The minimum absolute atomic E-state index is 0.494. The number of hydrogen-bond acceptors (Lipinski definition) is 3. The second kappa shape index (κ2) is 5.41. The third kappa shape index (κ3) is 3.33. The first-order chi connectivity index (χ1) is 8.48. The van der Waals surface area contributed by atoms with Crippen LogP contribution in [0.25, 0.3) is 0 Å². The van der Waals surface area contributed by atoms with E-state index >= 15 is 0 Å². The molecule has 0 atom stereocenters. The smallest absolute Gasteiger partial charge is 0.122 e. The number of aromatic nitrogens is 2. The topological polar surface area (TPSA) is 41.3 Å². The number of aryl methyl sites for hydroxylation is 1. The minimum Gasteiger partial charge on any atom is -0.389 e. The second-order valence-electron chi connectivity index (χ2n) is 6.03. The van der Waals surface area contributed by atoms with E-state index in [1.165, 1.54) is 0 Å². The Morgan fingerprint density at radius 1 is 1.50 bits per heavy atom. The number of imidazole rings is 1. The van der Waals surface area contributed by atoms with Gasteiger partial charge in [-0.1, -0.05) is 6.92 Å². The normalized spacial score (nSPS) is 28.8. The molecule has 0 amide bonds. The predicted molar refractivity (Wildman–Crippen MR) is 72.1 cm³/mol. The highest BCUT2D eigenvalue weighted by Crippen LogP contribution is 2.32. The van der Waals surface area contributed by atoms with Crippen LogP contribution in [-0.4, -0.2) is 38.8 Å². The zero-order valence-electron chi connectivity index (χ0n) is 11.8. The number of rotatable bonds is 4. The van der Waals surface area contributed by atoms with Crippen molar-refractivity contribution < 1.29 is 5.11 Å². The molecule has 1 aromatic heterocycles. The number of aliphatic hydroxyl groups is 1. The Bertz CT molecular complexity index is 380. The molecule has 1 aliphatic carbocycles. The lowest BCUT2D eigenvalue weighted by molar-refractivity contribution is -0.0320. The lowest BCUT2D eigenvalue weighted by atomic mass is 9.79. The summed E-state index contributed by atoms with van der Waals surface area (Å²) in [6.07, 6.45) is 7.93. The molecule has 0 saturated heterocycles. The van der Waals surface area contributed by atoms with Gasteiger partial charge in [-0.15, -0.1) is 0 Å². The molecule has 0 radical (unpaired) electrons. The van der Waals surface area contributed by atoms with Crippen molar-refractivity contribution >= 4 is 0 Å². The first-order valence-corrected chi connectivity index (χ1v) is 6.86. The van der Waals surface area contributed by atoms with Crippen molar-refractivity contribution in [3.05, 3.63) is 18.2 Å². The highest BCUT2D eigenvalue weighted by Gasteiger charge is 2.32. The van der Waals surface area contributed by atoms with Crippen LogP contribution in [0.4, 0.5) is 0 Å². The molecule has 1 aliphatic rings. The van der Waals surface area contributed by atoms with Crippen molar-refractivity contribution in [1.82, 2.24) is 14.5 Å². The van der Waals surface area contributed by atoms with Crippen molar-refractivity contribution in [1.29, 1.82) is 0 Å². The first kappa shape index (κ1) is 13.6. The molecule has 1 aromatic rings. The van der Waals surface area contributed by atoms with E-state index < -0.39 is 5.60 Å². The highest BCUT2D eigenvalue weighted by molar-refractivity contribution is 4.93. The summed E-state index contributed by atoms with van der Waals surface area (Å²) in [7, 11) is 4.07. The molecule has 1 fully saturated rings. The standard InChI is InChI=1S/C14H25N3O/c1-12-4-6-14(18,7-5-12)11-16(2)10-13-15-8-9-17(13)3/h8-9,12,18H,4-7,10-11H2,1-3H3. The molecule has 1 heterocycles. The highest BCUT2D eigenvalue weighted by atomic mass is 16.3. The third-order valence-corrected chi connectivity index (χ3v) is 4.10. The van der Waals surface area contributed by atoms with Crippen molar-refractivity contribution in [3.63, 3.8) is 0 Å². The van der Waals surface area contributed by atoms with Gasteiger partial charge in [0, 0.05) is 26.0 Å². The average Bonchev–Trinajstić information content (AvgIpc) is 2.69. The van der Waals surface area contributed by atoms with Crippen LogP contribution in [-0.2, 0) is 13.6 Å². The van der Waals surface area contributed by atoms with Crippen LogP contribution in [0.5, 0.6) is 0 Å². The van der Waals surface area contributed by atoms with Crippen molar-refractivity contribution in [2.45, 2.75) is 44.8 Å². The summed E-state index contributed by atoms with van der Waals surface area (Å²) in [5.74, 6) is 1.82. The summed E-state index contributed by atoms with van der Waals surface area (Å²) in [6, 6.07) is 0. The summed E-state index contributed by atoms with van der Waals surface area (Å²) >= 11 is 0. The molecule has 18 heavy (non-hydrogen) atoms. The Morgan fingerprint density at radius 2 is 2.17 bits per heavy atom. The summed E-state index contributed by atoms with van der Waals surface area (Å²) in [6.45, 7) is 3.81. The fourth-order valence-electron chi connectivity index (χ4n) is 2.81. The molecule has 0 unspecified atom stereocenters. The van der Waals surface area contributed by atoms with Crippen molar-refractivity contribution in [3.8, 4) is 0 Å². The van der Waals surface area contributed by atoms with Crippen LogP contribution in [0.3, 0.4) is 0 Å². The van der Waals surface area contributed by atoms with Gasteiger partial charge in [-0.25, -0.2) is 4.98 Å². The van der Waals surface area contributed by atoms with E-state index in [0.717, 1.165) is 50.5 Å². The van der Waals surface area contributed by atoms with Crippen LogP contribution in [0, 0.1) is 5.92 Å². The van der Waals surface area contributed by atoms with Gasteiger partial charge in [0.25, 0.3) is 0 Å². The van der Waals surface area contributed by atoms with E-state index in [1.54, 1.807) is 0 Å². The zero-order chi connectivity index (χ0) is 13.2. The molecule has 4 nitrogen and oxygen atoms in total. The Kier molecular flexibility index (Phi) is 4.07. The van der Waals surface area contributed by atoms with E-state index in [4.69, 9.17) is 0 Å². The molecule has 4 heteroatoms. The molecule has 1 N–H and O–H groups in total. The van der Waals surface area contributed by atoms with Crippen LogP contribution in [0.15, 0.2) is 12.4 Å². The second-order valence-corrected chi connectivity index (χ2v) is 6.03. The fourth-order valence-corrected chi connectivity index (χ4v) is 2.81. The van der Waals surface area contributed by atoms with Crippen LogP contribution in [0.2, 0.25) is 0 Å². The quantitative estimate of drug-likeness (QED) is 0.887. The summed E-state index contributed by atoms with van der Waals surface area (Å²) in [4.78, 5) is 6.50. The van der Waals surface area contributed by atoms with Gasteiger partial charge >= 0.3 is 0 Å². The maximum Gasteiger partial charge on any atom is 0.122 e. The molecule has 1 saturated carbocycles. The fraction of sp³-hybridized carbons (Fsp3) is 0.786. The molecular formula is C14H25N3O. The van der Waals surface area contributed by atoms with Crippen LogP contribution >= 0.6 is 0 Å². The van der Waals surface area contributed by atoms with Gasteiger partial charge in [0.15, 0.2) is 0 Å². The van der Waals surface area contributed by atoms with Gasteiger partial charge in [0.05, 0.1) is 12.1 Å². The third-order valence-electron chi connectivity index (χ3n) is 4.10. The van der Waals surface area contributed by atoms with E-state index in [-0.39, 0.29) is 0 Å². The first-order valence-electron chi connectivity index (χ1n) is 6.86. The van der Waals surface area contributed by atoms with E-state index in [2.05, 4.69) is 23.9 Å². The zero-order valence-corrected chi connectivity index (χ0v) is 11.8. The molecule has 0 spiro atoms. The van der Waals surface area contributed by atoms with Gasteiger partial charge in [-0.2, -0.15) is 0 Å². The Morgan fingerprint density at radius 3 is 2.72 bits per heavy atom. The van der Waals surface area contributed by atoms with Crippen molar-refractivity contribution in [2.75, 3.05) is 13.6 Å². The van der Waals surface area contributed by atoms with Gasteiger partial charge in [-0.3, -0.25) is 4.90 Å². The van der Waals surface area contributed by atoms with Crippen LogP contribution < -0.4 is 0 Å². The van der Waals surface area contributed by atoms with Gasteiger partial charge in [0.1, 0.15) is 5.82 Å². The molecule has 0 aliphatic heterocycles. The number of nitrogens with zero attached hydrogens (tertiary/aromatic N) is 3. The van der Waals surface area contributed by atoms with E-state index in [9.17, 15) is 5.11 Å². The lowest BCUT2D eigenvalue weighted by Gasteiger charge is -2.37. The monoisotopic (exact) mass is 251 g/mol. The van der Waals surface area contributed by atoms with Gasteiger partial charge in [-0.05, 0) is 38.6 Å². The SMILES string of the molecule is CC1CCC(O)(CN(C)Cc2nccn2C)CC1. The Hall–Kier alpha value is -0.870. The van der Waals surface area contributed by atoms with E-state index in [1.807, 2.05) is 24.0 Å². The molecule has 2 rings (SSSR count). The lowest BCUT2D eigenvalue weighted by Crippen LogP contribution is -2.44. The minimum atomic E-state index is -0.494. The van der Waals surface area contributed by atoms with Crippen LogP contribution in [0.1, 0.15) is 38.4 Å². The maximum absolute atomic E-state index is 10.6. The van der Waals surface area contributed by atoms with E-state index in [0.29, 0.717) is 0 Å². The Labute approximate surface area is 110 Å². The molecular weight excluding hydrogens is 226 g/mol. The number of hydrogen-bond donors (Lipinski definition) is 1. The molecule has 0 aromatic carbocycles. The predicted octanol–water partition coefficient (Wildman–Crippen LogP) is 1.79. The molecule has 0 bridgehead atoms. The summed E-state index contributed by atoms with van der Waals surface area (Å²) in [5, 5.41) is 10.6. The van der Waals surface area contributed by atoms with Crippen molar-refractivity contribution in [2.24, 2.45) is 13.0 Å². The largest absolute Gasteiger partial charge is 0.389 e. The maximum atomic E-state index is 10.6. The van der Waals surface area contributed by atoms with Gasteiger partial charge in [0.2, 0.25) is 0 Å². The molecule has 102 valence electrons.